The Morgan fingerprint density at radius 2 is 2.14 bits per heavy atom. The van der Waals surface area contributed by atoms with Crippen molar-refractivity contribution in [3.8, 4) is 0 Å². The number of amides is 1. The molecule has 2 aliphatic heterocycles. The summed E-state index contributed by atoms with van der Waals surface area (Å²) in [5.74, 6) is 2.16. The molecule has 3 unspecified atom stereocenters. The highest BCUT2D eigenvalue weighted by Gasteiger charge is 2.29. The fourth-order valence-electron chi connectivity index (χ4n) is 3.50. The van der Waals surface area contributed by atoms with Crippen LogP contribution in [0.5, 0.6) is 0 Å². The first-order valence-electron chi connectivity index (χ1n) is 9.16. The normalized spacial score (nSPS) is 27.4. The van der Waals surface area contributed by atoms with Crippen molar-refractivity contribution in [1.82, 2.24) is 10.2 Å². The first-order chi connectivity index (χ1) is 10.6. The molecule has 1 N–H and O–H groups in total. The van der Waals surface area contributed by atoms with Crippen molar-refractivity contribution in [2.24, 2.45) is 17.8 Å². The second-order valence-corrected chi connectivity index (χ2v) is 7.59. The van der Waals surface area contributed by atoms with Crippen molar-refractivity contribution >= 4 is 5.91 Å². The average molecular weight is 310 g/mol. The third-order valence-electron chi connectivity index (χ3n) is 5.18. The van der Waals surface area contributed by atoms with Gasteiger partial charge in [0.25, 0.3) is 0 Å². The molecule has 1 amide bonds. The Hall–Kier alpha value is -0.610. The zero-order valence-corrected chi connectivity index (χ0v) is 14.6. The topological polar surface area (TPSA) is 41.6 Å². The van der Waals surface area contributed by atoms with E-state index in [1.54, 1.807) is 0 Å². The van der Waals surface area contributed by atoms with Gasteiger partial charge in [0.15, 0.2) is 0 Å². The maximum atomic E-state index is 12.5. The number of hydrogen-bond donors (Lipinski definition) is 1. The summed E-state index contributed by atoms with van der Waals surface area (Å²) in [6.45, 7) is 11.4. The second-order valence-electron chi connectivity index (χ2n) is 7.59. The summed E-state index contributed by atoms with van der Waals surface area (Å²) in [4.78, 5) is 14.5. The lowest BCUT2D eigenvalue weighted by atomic mass is 9.85. The fraction of sp³-hybridized carbons (Fsp3) is 0.944. The van der Waals surface area contributed by atoms with E-state index in [4.69, 9.17) is 4.74 Å². The van der Waals surface area contributed by atoms with Crippen LogP contribution in [-0.4, -0.2) is 49.7 Å². The Morgan fingerprint density at radius 3 is 2.82 bits per heavy atom. The van der Waals surface area contributed by atoms with Crippen molar-refractivity contribution in [3.05, 3.63) is 0 Å². The number of carbonyl (C=O) groups is 1. The number of nitrogens with zero attached hydrogens (tertiary/aromatic N) is 1. The molecule has 0 aromatic heterocycles. The number of carbonyl (C=O) groups excluding carboxylic acids is 1. The number of rotatable bonds is 7. The number of nitrogens with one attached hydrogen (secondary N) is 1. The van der Waals surface area contributed by atoms with E-state index < -0.39 is 0 Å². The molecule has 22 heavy (non-hydrogen) atoms. The van der Waals surface area contributed by atoms with Crippen LogP contribution in [0, 0.1) is 17.8 Å². The molecule has 128 valence electrons. The number of ether oxygens (including phenoxy) is 1. The Kier molecular flexibility index (Phi) is 7.16. The summed E-state index contributed by atoms with van der Waals surface area (Å²) in [5.41, 5.74) is 0. The second kappa shape index (κ2) is 8.88. The summed E-state index contributed by atoms with van der Waals surface area (Å²) >= 11 is 0. The summed E-state index contributed by atoms with van der Waals surface area (Å²) in [6, 6.07) is 0. The Labute approximate surface area is 136 Å². The predicted molar refractivity (Wildman–Crippen MR) is 89.8 cm³/mol. The van der Waals surface area contributed by atoms with Crippen LogP contribution in [0.25, 0.3) is 0 Å². The third-order valence-corrected chi connectivity index (χ3v) is 5.18. The molecule has 2 fully saturated rings. The van der Waals surface area contributed by atoms with Crippen LogP contribution >= 0.6 is 0 Å². The van der Waals surface area contributed by atoms with Gasteiger partial charge >= 0.3 is 0 Å². The maximum Gasteiger partial charge on any atom is 0.222 e. The van der Waals surface area contributed by atoms with E-state index in [2.05, 4.69) is 26.1 Å². The lowest BCUT2D eigenvalue weighted by Gasteiger charge is -2.29. The molecule has 0 aromatic carbocycles. The molecule has 0 aliphatic carbocycles. The molecule has 2 heterocycles. The molecular formula is C18H34N2O2. The Morgan fingerprint density at radius 1 is 1.32 bits per heavy atom. The quantitative estimate of drug-likeness (QED) is 0.786. The van der Waals surface area contributed by atoms with E-state index in [0.717, 1.165) is 45.6 Å². The van der Waals surface area contributed by atoms with E-state index in [1.165, 1.54) is 12.8 Å². The van der Waals surface area contributed by atoms with Gasteiger partial charge in [0.2, 0.25) is 5.91 Å². The van der Waals surface area contributed by atoms with Crippen LogP contribution in [-0.2, 0) is 9.53 Å². The van der Waals surface area contributed by atoms with Crippen molar-refractivity contribution < 1.29 is 9.53 Å². The molecule has 2 rings (SSSR count). The summed E-state index contributed by atoms with van der Waals surface area (Å²) in [6.07, 6.45) is 5.58. The average Bonchev–Trinajstić information content (AvgIpc) is 2.96. The van der Waals surface area contributed by atoms with Crippen molar-refractivity contribution in [2.75, 3.05) is 32.8 Å². The fourth-order valence-corrected chi connectivity index (χ4v) is 3.50. The van der Waals surface area contributed by atoms with Crippen molar-refractivity contribution in [3.63, 3.8) is 0 Å². The molecule has 4 nitrogen and oxygen atoms in total. The molecule has 2 aliphatic rings. The van der Waals surface area contributed by atoms with Gasteiger partial charge < -0.3 is 15.0 Å². The van der Waals surface area contributed by atoms with Crippen molar-refractivity contribution in [2.45, 2.75) is 59.0 Å². The molecule has 2 saturated heterocycles. The van der Waals surface area contributed by atoms with Gasteiger partial charge in [0.1, 0.15) is 0 Å². The number of piperidine rings is 1. The monoisotopic (exact) mass is 310 g/mol. The van der Waals surface area contributed by atoms with Gasteiger partial charge in [-0.25, -0.2) is 0 Å². The van der Waals surface area contributed by atoms with E-state index in [1.807, 2.05) is 4.90 Å². The van der Waals surface area contributed by atoms with Crippen LogP contribution in [0.15, 0.2) is 0 Å². The first kappa shape index (κ1) is 17.7. The van der Waals surface area contributed by atoms with E-state index in [9.17, 15) is 4.79 Å². The van der Waals surface area contributed by atoms with E-state index in [-0.39, 0.29) is 6.10 Å². The maximum absolute atomic E-state index is 12.5. The third kappa shape index (κ3) is 5.54. The highest BCUT2D eigenvalue weighted by atomic mass is 16.5. The van der Waals surface area contributed by atoms with Gasteiger partial charge in [0.05, 0.1) is 6.10 Å². The van der Waals surface area contributed by atoms with Crippen LogP contribution in [0.1, 0.15) is 52.9 Å². The van der Waals surface area contributed by atoms with Gasteiger partial charge in [-0.2, -0.15) is 0 Å². The summed E-state index contributed by atoms with van der Waals surface area (Å²) < 4.78 is 5.91. The van der Waals surface area contributed by atoms with E-state index in [0.29, 0.717) is 30.1 Å². The minimum Gasteiger partial charge on any atom is -0.376 e. The number of hydrogen-bond acceptors (Lipinski definition) is 3. The molecule has 0 radical (unpaired) electrons. The molecule has 0 spiro atoms. The minimum atomic E-state index is 0.259. The SMILES string of the molecule is CC(C)CCOC1CCN(C(=O)CC(C)C2CCCNC2)C1. The predicted octanol–water partition coefficient (Wildman–Crippen LogP) is 2.68. The molecule has 3 atom stereocenters. The van der Waals surface area contributed by atoms with Crippen LogP contribution < -0.4 is 5.32 Å². The van der Waals surface area contributed by atoms with Crippen LogP contribution in [0.3, 0.4) is 0 Å². The number of likely N-dealkylation sites (tertiary alicyclic amines) is 1. The minimum absolute atomic E-state index is 0.259. The molecule has 0 aromatic rings. The molecule has 4 heteroatoms. The first-order valence-corrected chi connectivity index (χ1v) is 9.16. The zero-order chi connectivity index (χ0) is 15.9. The van der Waals surface area contributed by atoms with Gasteiger partial charge in [-0.05, 0) is 56.5 Å². The lowest BCUT2D eigenvalue weighted by molar-refractivity contribution is -0.132. The summed E-state index contributed by atoms with van der Waals surface area (Å²) in [7, 11) is 0. The Bertz CT molecular complexity index is 340. The van der Waals surface area contributed by atoms with E-state index >= 15 is 0 Å². The van der Waals surface area contributed by atoms with Gasteiger partial charge in [-0.1, -0.05) is 20.8 Å². The zero-order valence-electron chi connectivity index (χ0n) is 14.6. The Balaban J connectivity index is 1.67. The molecule has 0 saturated carbocycles. The van der Waals surface area contributed by atoms with Crippen molar-refractivity contribution in [1.29, 1.82) is 0 Å². The van der Waals surface area contributed by atoms with Crippen LogP contribution in [0.2, 0.25) is 0 Å². The highest BCUT2D eigenvalue weighted by Crippen LogP contribution is 2.24. The molecular weight excluding hydrogens is 276 g/mol. The standard InChI is InChI=1S/C18H34N2O2/c1-14(2)7-10-22-17-6-9-20(13-17)18(21)11-15(3)16-5-4-8-19-12-16/h14-17,19H,4-13H2,1-3H3. The highest BCUT2D eigenvalue weighted by molar-refractivity contribution is 5.76. The summed E-state index contributed by atoms with van der Waals surface area (Å²) in [5, 5.41) is 3.45. The lowest BCUT2D eigenvalue weighted by Crippen LogP contribution is -2.37. The van der Waals surface area contributed by atoms with Gasteiger partial charge in [-0.3, -0.25) is 4.79 Å². The smallest absolute Gasteiger partial charge is 0.222 e. The van der Waals surface area contributed by atoms with Gasteiger partial charge in [-0.15, -0.1) is 0 Å². The molecule has 0 bridgehead atoms. The largest absolute Gasteiger partial charge is 0.376 e. The van der Waals surface area contributed by atoms with Crippen LogP contribution in [0.4, 0.5) is 0 Å². The van der Waals surface area contributed by atoms with Gasteiger partial charge in [0, 0.05) is 26.1 Å².